The Bertz CT molecular complexity index is 301. The van der Waals surface area contributed by atoms with Gasteiger partial charge in [-0.3, -0.25) is 0 Å². The van der Waals surface area contributed by atoms with Crippen LogP contribution in [0.4, 0.5) is 0 Å². The van der Waals surface area contributed by atoms with E-state index in [0.717, 1.165) is 6.26 Å². The highest BCUT2D eigenvalue weighted by atomic mass is 32.2. The van der Waals surface area contributed by atoms with Crippen LogP contribution in [-0.2, 0) is 10.0 Å². The van der Waals surface area contributed by atoms with Crippen molar-refractivity contribution in [2.24, 2.45) is 10.9 Å². The Labute approximate surface area is 89.8 Å². The van der Waals surface area contributed by atoms with Gasteiger partial charge in [-0.2, -0.15) is 0 Å². The van der Waals surface area contributed by atoms with E-state index >= 15 is 0 Å². The Morgan fingerprint density at radius 3 is 2.60 bits per heavy atom. The molecule has 1 atom stereocenters. The van der Waals surface area contributed by atoms with Gasteiger partial charge in [0.25, 0.3) is 0 Å². The van der Waals surface area contributed by atoms with Gasteiger partial charge >= 0.3 is 0 Å². The highest BCUT2D eigenvalue weighted by Crippen LogP contribution is 1.83. The second kappa shape index (κ2) is 6.59. The van der Waals surface area contributed by atoms with Crippen LogP contribution in [0, 0.1) is 0 Å². The fourth-order valence-electron chi connectivity index (χ4n) is 0.856. The van der Waals surface area contributed by atoms with E-state index in [1.165, 1.54) is 0 Å². The maximum atomic E-state index is 10.7. The van der Waals surface area contributed by atoms with Crippen molar-refractivity contribution in [3.63, 3.8) is 0 Å². The highest BCUT2D eigenvalue weighted by Gasteiger charge is 2.05. The van der Waals surface area contributed by atoms with Crippen molar-refractivity contribution >= 4 is 15.9 Å². The standard InChI is InChI=1S/C7H18N4O3S/c1-6(7(8)11-12)9-4-3-5-10-15(2,13)14/h6,9-10,12H,3-5H2,1-2H3,(H2,8,11). The summed E-state index contributed by atoms with van der Waals surface area (Å²) in [7, 11) is -3.11. The largest absolute Gasteiger partial charge is 0.409 e. The summed E-state index contributed by atoms with van der Waals surface area (Å²) in [6, 6.07) is -0.228. The van der Waals surface area contributed by atoms with Gasteiger partial charge in [-0.05, 0) is 19.9 Å². The first kappa shape index (κ1) is 14.1. The van der Waals surface area contributed by atoms with Gasteiger partial charge in [0.2, 0.25) is 10.0 Å². The number of rotatable bonds is 7. The smallest absolute Gasteiger partial charge is 0.208 e. The van der Waals surface area contributed by atoms with Crippen molar-refractivity contribution in [2.75, 3.05) is 19.3 Å². The molecular weight excluding hydrogens is 220 g/mol. The fraction of sp³-hybridized carbons (Fsp3) is 0.857. The molecule has 8 heteroatoms. The van der Waals surface area contributed by atoms with Gasteiger partial charge in [-0.15, -0.1) is 0 Å². The highest BCUT2D eigenvalue weighted by molar-refractivity contribution is 7.88. The molecule has 0 aliphatic rings. The lowest BCUT2D eigenvalue weighted by Crippen LogP contribution is -2.40. The van der Waals surface area contributed by atoms with Crippen LogP contribution in [0.5, 0.6) is 0 Å². The molecule has 0 aromatic heterocycles. The molecule has 0 bridgehead atoms. The Hall–Kier alpha value is -0.860. The van der Waals surface area contributed by atoms with Crippen LogP contribution in [-0.4, -0.2) is 44.8 Å². The summed E-state index contributed by atoms with van der Waals surface area (Å²) in [6.45, 7) is 2.70. The first-order chi connectivity index (χ1) is 6.87. The zero-order valence-corrected chi connectivity index (χ0v) is 9.71. The molecular formula is C7H18N4O3S. The number of nitrogens with zero attached hydrogens (tertiary/aromatic N) is 1. The second-order valence-electron chi connectivity index (χ2n) is 3.22. The lowest BCUT2D eigenvalue weighted by molar-refractivity contribution is 0.315. The van der Waals surface area contributed by atoms with E-state index in [-0.39, 0.29) is 11.9 Å². The summed E-state index contributed by atoms with van der Waals surface area (Å²) in [5.41, 5.74) is 5.33. The molecule has 0 spiro atoms. The number of hydrogen-bond donors (Lipinski definition) is 4. The lowest BCUT2D eigenvalue weighted by atomic mass is 10.3. The third-order valence-electron chi connectivity index (χ3n) is 1.73. The first-order valence-corrected chi connectivity index (χ1v) is 6.41. The van der Waals surface area contributed by atoms with Crippen LogP contribution >= 0.6 is 0 Å². The van der Waals surface area contributed by atoms with Crippen molar-refractivity contribution in [1.82, 2.24) is 10.0 Å². The van der Waals surface area contributed by atoms with Gasteiger partial charge in [0, 0.05) is 6.54 Å². The summed E-state index contributed by atoms with van der Waals surface area (Å²) in [5.74, 6) is 0.103. The molecule has 0 aliphatic heterocycles. The summed E-state index contributed by atoms with van der Waals surface area (Å²) >= 11 is 0. The van der Waals surface area contributed by atoms with E-state index in [4.69, 9.17) is 10.9 Å². The zero-order valence-electron chi connectivity index (χ0n) is 8.90. The Balaban J connectivity index is 3.56. The van der Waals surface area contributed by atoms with Crippen molar-refractivity contribution < 1.29 is 13.6 Å². The zero-order chi connectivity index (χ0) is 11.9. The van der Waals surface area contributed by atoms with E-state index in [9.17, 15) is 8.42 Å². The van der Waals surface area contributed by atoms with E-state index in [1.54, 1.807) is 6.92 Å². The number of oxime groups is 1. The van der Waals surface area contributed by atoms with Crippen LogP contribution in [0.25, 0.3) is 0 Å². The minimum Gasteiger partial charge on any atom is -0.409 e. The van der Waals surface area contributed by atoms with Gasteiger partial charge in [0.1, 0.15) is 0 Å². The van der Waals surface area contributed by atoms with Gasteiger partial charge < -0.3 is 16.3 Å². The average Bonchev–Trinajstić information content (AvgIpc) is 2.14. The third-order valence-corrected chi connectivity index (χ3v) is 2.46. The van der Waals surface area contributed by atoms with E-state index in [1.807, 2.05) is 0 Å². The monoisotopic (exact) mass is 238 g/mol. The van der Waals surface area contributed by atoms with Crippen molar-refractivity contribution in [1.29, 1.82) is 0 Å². The van der Waals surface area contributed by atoms with Crippen LogP contribution in [0.2, 0.25) is 0 Å². The van der Waals surface area contributed by atoms with Crippen molar-refractivity contribution in [3.05, 3.63) is 0 Å². The number of nitrogens with two attached hydrogens (primary N) is 1. The quantitative estimate of drug-likeness (QED) is 0.144. The maximum Gasteiger partial charge on any atom is 0.208 e. The van der Waals surface area contributed by atoms with Gasteiger partial charge in [0.05, 0.1) is 12.3 Å². The Kier molecular flexibility index (Phi) is 6.21. The number of sulfonamides is 1. The molecule has 1 unspecified atom stereocenters. The molecule has 0 saturated heterocycles. The van der Waals surface area contributed by atoms with Gasteiger partial charge in [-0.1, -0.05) is 5.16 Å². The molecule has 0 radical (unpaired) electrons. The fourth-order valence-corrected chi connectivity index (χ4v) is 1.37. The molecule has 7 nitrogen and oxygen atoms in total. The minimum absolute atomic E-state index is 0.103. The topological polar surface area (TPSA) is 117 Å². The van der Waals surface area contributed by atoms with Gasteiger partial charge in [0.15, 0.2) is 5.84 Å². The Morgan fingerprint density at radius 1 is 1.53 bits per heavy atom. The maximum absolute atomic E-state index is 10.7. The average molecular weight is 238 g/mol. The number of nitrogens with one attached hydrogen (secondary N) is 2. The number of hydrogen-bond acceptors (Lipinski definition) is 5. The summed E-state index contributed by atoms with van der Waals surface area (Å²) in [5, 5.41) is 14.2. The van der Waals surface area contributed by atoms with Gasteiger partial charge in [-0.25, -0.2) is 13.1 Å². The van der Waals surface area contributed by atoms with Crippen molar-refractivity contribution in [2.45, 2.75) is 19.4 Å². The minimum atomic E-state index is -3.11. The van der Waals surface area contributed by atoms with E-state index in [2.05, 4.69) is 15.2 Å². The molecule has 0 fully saturated rings. The van der Waals surface area contributed by atoms with Crippen LogP contribution in [0.15, 0.2) is 5.16 Å². The molecule has 0 aromatic rings. The third kappa shape index (κ3) is 8.16. The molecule has 0 heterocycles. The summed E-state index contributed by atoms with van der Waals surface area (Å²) < 4.78 is 23.7. The molecule has 0 aromatic carbocycles. The molecule has 15 heavy (non-hydrogen) atoms. The van der Waals surface area contributed by atoms with E-state index < -0.39 is 10.0 Å². The van der Waals surface area contributed by atoms with Crippen molar-refractivity contribution in [3.8, 4) is 0 Å². The van der Waals surface area contributed by atoms with Crippen LogP contribution < -0.4 is 15.8 Å². The predicted molar refractivity (Wildman–Crippen MR) is 58.3 cm³/mol. The molecule has 0 saturated carbocycles. The molecule has 0 aliphatic carbocycles. The molecule has 0 rings (SSSR count). The normalized spacial score (nSPS) is 15.2. The summed E-state index contributed by atoms with van der Waals surface area (Å²) in [6.07, 6.45) is 1.75. The molecule has 5 N–H and O–H groups in total. The second-order valence-corrected chi connectivity index (χ2v) is 5.05. The molecule has 0 amide bonds. The SMILES string of the molecule is CC(NCCCNS(C)(=O)=O)C(N)=NO. The van der Waals surface area contributed by atoms with Crippen LogP contribution in [0.1, 0.15) is 13.3 Å². The Morgan fingerprint density at radius 2 is 2.13 bits per heavy atom. The lowest BCUT2D eigenvalue weighted by Gasteiger charge is -2.11. The number of amidine groups is 1. The van der Waals surface area contributed by atoms with Crippen LogP contribution in [0.3, 0.4) is 0 Å². The molecule has 90 valence electrons. The van der Waals surface area contributed by atoms with E-state index in [0.29, 0.717) is 19.5 Å². The first-order valence-electron chi connectivity index (χ1n) is 4.52. The summed E-state index contributed by atoms with van der Waals surface area (Å²) in [4.78, 5) is 0. The predicted octanol–water partition coefficient (Wildman–Crippen LogP) is -1.35.